The van der Waals surface area contributed by atoms with Crippen LogP contribution in [0, 0.1) is 12.8 Å². The van der Waals surface area contributed by atoms with Gasteiger partial charge in [0.15, 0.2) is 0 Å². The third kappa shape index (κ3) is 7.09. The Labute approximate surface area is 223 Å². The molecule has 0 spiro atoms. The van der Waals surface area contributed by atoms with Gasteiger partial charge in [-0.15, -0.1) is 11.3 Å². The van der Waals surface area contributed by atoms with Crippen LogP contribution in [0.4, 0.5) is 0 Å². The molecule has 1 N–H and O–H groups in total. The lowest BCUT2D eigenvalue weighted by atomic mass is 10.1. The van der Waals surface area contributed by atoms with Crippen LogP contribution in [0.1, 0.15) is 50.8 Å². The van der Waals surface area contributed by atoms with E-state index in [9.17, 15) is 14.4 Å². The molecule has 1 aliphatic heterocycles. The molecule has 9 heteroatoms. The number of amides is 3. The summed E-state index contributed by atoms with van der Waals surface area (Å²) >= 11 is 3.16. The molecule has 7 nitrogen and oxygen atoms in total. The number of hydrogen-bond donors (Lipinski definition) is 1. The fourth-order valence-corrected chi connectivity index (χ4v) is 5.92. The maximum Gasteiger partial charge on any atom is 0.246 e. The summed E-state index contributed by atoms with van der Waals surface area (Å²) in [5, 5.41) is 3.02. The number of thiazole rings is 1. The van der Waals surface area contributed by atoms with Gasteiger partial charge in [-0.25, -0.2) is 4.98 Å². The predicted octanol–water partition coefficient (Wildman–Crippen LogP) is 4.35. The van der Waals surface area contributed by atoms with Gasteiger partial charge in [0.1, 0.15) is 12.1 Å². The molecule has 1 fully saturated rings. The number of benzene rings is 1. The summed E-state index contributed by atoms with van der Waals surface area (Å²) in [5.74, 6) is 0.649. The zero-order valence-corrected chi connectivity index (χ0v) is 23.6. The van der Waals surface area contributed by atoms with Crippen molar-refractivity contribution in [3.63, 3.8) is 0 Å². The molecule has 196 valence electrons. The third-order valence-corrected chi connectivity index (χ3v) is 8.30. The Morgan fingerprint density at radius 2 is 1.97 bits per heavy atom. The number of aromatic nitrogens is 1. The molecule has 1 saturated heterocycles. The Morgan fingerprint density at radius 3 is 2.58 bits per heavy atom. The molecule has 1 aliphatic rings. The van der Waals surface area contributed by atoms with Gasteiger partial charge in [0.05, 0.1) is 16.1 Å². The van der Waals surface area contributed by atoms with Crippen molar-refractivity contribution >= 4 is 40.8 Å². The molecule has 36 heavy (non-hydrogen) atoms. The highest BCUT2D eigenvalue weighted by Gasteiger charge is 2.39. The zero-order valence-electron chi connectivity index (χ0n) is 22.0. The Kier molecular flexibility index (Phi) is 10.4. The van der Waals surface area contributed by atoms with Crippen molar-refractivity contribution in [2.75, 3.05) is 25.6 Å². The van der Waals surface area contributed by atoms with Crippen LogP contribution in [0.3, 0.4) is 0 Å². The predicted molar refractivity (Wildman–Crippen MR) is 148 cm³/mol. The second-order valence-corrected chi connectivity index (χ2v) is 11.5. The Bertz CT molecular complexity index is 1040. The highest BCUT2D eigenvalue weighted by Crippen LogP contribution is 2.27. The van der Waals surface area contributed by atoms with Crippen LogP contribution in [0.5, 0.6) is 0 Å². The molecule has 2 atom stereocenters. The van der Waals surface area contributed by atoms with Crippen LogP contribution in [0.25, 0.3) is 10.4 Å². The van der Waals surface area contributed by atoms with Crippen LogP contribution in [-0.2, 0) is 20.9 Å². The van der Waals surface area contributed by atoms with Crippen molar-refractivity contribution in [2.45, 2.75) is 65.1 Å². The Balaban J connectivity index is 1.61. The molecule has 0 radical (unpaired) electrons. The summed E-state index contributed by atoms with van der Waals surface area (Å²) < 4.78 is 0. The van der Waals surface area contributed by atoms with Crippen molar-refractivity contribution in [3.8, 4) is 10.4 Å². The summed E-state index contributed by atoms with van der Waals surface area (Å²) in [6.07, 6.45) is 4.57. The number of nitrogens with zero attached hydrogens (tertiary/aromatic N) is 3. The van der Waals surface area contributed by atoms with Crippen LogP contribution in [0.2, 0.25) is 0 Å². The molecule has 0 unspecified atom stereocenters. The number of nitrogens with one attached hydrogen (secondary N) is 1. The third-order valence-electron chi connectivity index (χ3n) is 6.67. The minimum absolute atomic E-state index is 0.0201. The van der Waals surface area contributed by atoms with Crippen LogP contribution in [0.15, 0.2) is 29.8 Å². The Hall–Kier alpha value is -2.39. The lowest BCUT2D eigenvalue weighted by Gasteiger charge is -2.33. The first-order valence-corrected chi connectivity index (χ1v) is 14.8. The summed E-state index contributed by atoms with van der Waals surface area (Å²) in [6, 6.07) is 7.06. The van der Waals surface area contributed by atoms with E-state index in [2.05, 4.69) is 24.1 Å². The fraction of sp³-hybridized carbons (Fsp3) is 0.556. The van der Waals surface area contributed by atoms with E-state index < -0.39 is 12.1 Å². The fourth-order valence-electron chi connectivity index (χ4n) is 4.42. The number of aryl methyl sites for hydroxylation is 1. The minimum atomic E-state index is -0.559. The molecule has 2 aromatic rings. The van der Waals surface area contributed by atoms with Gasteiger partial charge in [0, 0.05) is 32.3 Å². The topological polar surface area (TPSA) is 82.6 Å². The maximum atomic E-state index is 13.5. The standard InChI is InChI=1S/C27H38N4O3S2/c1-18(2)8-13-24(32)30(4)23(16-35-5)27(34)31-14-6-7-22(31)26(33)28-15-20-9-11-21(12-10-20)25-19(3)29-17-36-25/h9-12,17-18,22-23H,6-8,13-16H2,1-5H3,(H,28,33)/t22-,23-/m0/s1. The van der Waals surface area contributed by atoms with Crippen molar-refractivity contribution in [1.82, 2.24) is 20.1 Å². The summed E-state index contributed by atoms with van der Waals surface area (Å²) in [7, 11) is 1.71. The van der Waals surface area contributed by atoms with E-state index in [1.54, 1.807) is 28.2 Å². The van der Waals surface area contributed by atoms with E-state index in [0.717, 1.165) is 34.5 Å². The molecular formula is C27H38N4O3S2. The largest absolute Gasteiger partial charge is 0.350 e. The first-order valence-electron chi connectivity index (χ1n) is 12.5. The Morgan fingerprint density at radius 1 is 1.25 bits per heavy atom. The molecule has 3 rings (SSSR count). The number of carbonyl (C=O) groups excluding carboxylic acids is 3. The van der Waals surface area contributed by atoms with Crippen LogP contribution in [-0.4, -0.2) is 70.2 Å². The van der Waals surface area contributed by atoms with E-state index >= 15 is 0 Å². The first-order chi connectivity index (χ1) is 17.2. The monoisotopic (exact) mass is 530 g/mol. The van der Waals surface area contributed by atoms with Gasteiger partial charge in [-0.2, -0.15) is 11.8 Å². The van der Waals surface area contributed by atoms with E-state index in [1.807, 2.05) is 43.0 Å². The number of likely N-dealkylation sites (N-methyl/N-ethyl adjacent to an activating group) is 1. The quantitative estimate of drug-likeness (QED) is 0.467. The molecule has 2 heterocycles. The number of hydrogen-bond acceptors (Lipinski definition) is 6. The highest BCUT2D eigenvalue weighted by molar-refractivity contribution is 7.98. The molecule has 3 amide bonds. The summed E-state index contributed by atoms with van der Waals surface area (Å²) in [5.41, 5.74) is 4.97. The van der Waals surface area contributed by atoms with E-state index in [1.165, 1.54) is 11.8 Å². The molecular weight excluding hydrogens is 492 g/mol. The minimum Gasteiger partial charge on any atom is -0.350 e. The van der Waals surface area contributed by atoms with Crippen molar-refractivity contribution in [2.24, 2.45) is 5.92 Å². The maximum absolute atomic E-state index is 13.5. The number of carbonyl (C=O) groups is 3. The average Bonchev–Trinajstić information content (AvgIpc) is 3.53. The van der Waals surface area contributed by atoms with Gasteiger partial charge in [0.2, 0.25) is 17.7 Å². The normalized spacial score (nSPS) is 16.3. The van der Waals surface area contributed by atoms with Gasteiger partial charge < -0.3 is 15.1 Å². The van der Waals surface area contributed by atoms with Gasteiger partial charge >= 0.3 is 0 Å². The smallest absolute Gasteiger partial charge is 0.246 e. The van der Waals surface area contributed by atoms with E-state index in [-0.39, 0.29) is 17.7 Å². The number of rotatable bonds is 11. The van der Waals surface area contributed by atoms with Gasteiger partial charge in [-0.3, -0.25) is 14.4 Å². The summed E-state index contributed by atoms with van der Waals surface area (Å²) in [4.78, 5) is 48.1. The van der Waals surface area contributed by atoms with Gasteiger partial charge in [-0.1, -0.05) is 38.1 Å². The lowest BCUT2D eigenvalue weighted by molar-refractivity contribution is -0.146. The highest BCUT2D eigenvalue weighted by atomic mass is 32.2. The average molecular weight is 531 g/mol. The van der Waals surface area contributed by atoms with Gasteiger partial charge in [0.25, 0.3) is 0 Å². The van der Waals surface area contributed by atoms with E-state index in [4.69, 9.17) is 0 Å². The zero-order chi connectivity index (χ0) is 26.2. The molecule has 0 aliphatic carbocycles. The second kappa shape index (κ2) is 13.2. The van der Waals surface area contributed by atoms with E-state index in [0.29, 0.717) is 37.6 Å². The number of likely N-dealkylation sites (tertiary alicyclic amines) is 1. The second-order valence-electron chi connectivity index (χ2n) is 9.78. The molecule has 0 saturated carbocycles. The molecule has 0 bridgehead atoms. The summed E-state index contributed by atoms with van der Waals surface area (Å²) in [6.45, 7) is 7.11. The first kappa shape index (κ1) is 28.2. The van der Waals surface area contributed by atoms with Gasteiger partial charge in [-0.05, 0) is 49.5 Å². The van der Waals surface area contributed by atoms with Crippen molar-refractivity contribution in [1.29, 1.82) is 0 Å². The SMILES string of the molecule is CSC[C@@H](C(=O)N1CCC[C@H]1C(=O)NCc1ccc(-c2scnc2C)cc1)N(C)C(=O)CCC(C)C. The number of thioether (sulfide) groups is 1. The van der Waals surface area contributed by atoms with Crippen LogP contribution < -0.4 is 5.32 Å². The van der Waals surface area contributed by atoms with Crippen molar-refractivity contribution < 1.29 is 14.4 Å². The van der Waals surface area contributed by atoms with Crippen molar-refractivity contribution in [3.05, 3.63) is 41.0 Å². The molecule has 1 aromatic carbocycles. The lowest BCUT2D eigenvalue weighted by Crippen LogP contribution is -2.54. The molecule has 1 aromatic heterocycles. The van der Waals surface area contributed by atoms with Crippen LogP contribution >= 0.6 is 23.1 Å².